The van der Waals surface area contributed by atoms with E-state index in [1.165, 1.54) is 11.3 Å². The van der Waals surface area contributed by atoms with Crippen molar-refractivity contribution in [2.45, 2.75) is 0 Å². The van der Waals surface area contributed by atoms with Crippen molar-refractivity contribution in [1.29, 1.82) is 0 Å². The van der Waals surface area contributed by atoms with Crippen LogP contribution in [0.25, 0.3) is 10.2 Å². The quantitative estimate of drug-likeness (QED) is 0.724. The third-order valence-corrected chi connectivity index (χ3v) is 5.31. The summed E-state index contributed by atoms with van der Waals surface area (Å²) in [5.41, 5.74) is 1.49. The molecule has 2 aromatic heterocycles. The number of hydrogen-bond donors (Lipinski definition) is 0. The Bertz CT molecular complexity index is 872. The lowest BCUT2D eigenvalue weighted by atomic mass is 10.2. The molecule has 128 valence electrons. The molecule has 0 bridgehead atoms. The van der Waals surface area contributed by atoms with Gasteiger partial charge < -0.3 is 9.64 Å². The number of morpholine rings is 1. The van der Waals surface area contributed by atoms with E-state index >= 15 is 0 Å². The molecule has 1 aromatic carbocycles. The number of carbonyl (C=O) groups is 1. The predicted molar refractivity (Wildman–Crippen MR) is 99.6 cm³/mol. The van der Waals surface area contributed by atoms with Crippen LogP contribution in [0.5, 0.6) is 0 Å². The SMILES string of the molecule is CN(C(=O)c1cccnc1N1CCOCC1)c1nc2ccccc2s1. The van der Waals surface area contributed by atoms with Crippen molar-refractivity contribution in [3.63, 3.8) is 0 Å². The van der Waals surface area contributed by atoms with Crippen LogP contribution in [0.2, 0.25) is 0 Å². The molecule has 1 aliphatic heterocycles. The molecule has 1 amide bonds. The number of hydrogen-bond acceptors (Lipinski definition) is 6. The van der Waals surface area contributed by atoms with Crippen molar-refractivity contribution in [3.8, 4) is 0 Å². The largest absolute Gasteiger partial charge is 0.378 e. The van der Waals surface area contributed by atoms with Gasteiger partial charge in [0.05, 0.1) is 29.0 Å². The number of anilines is 2. The summed E-state index contributed by atoms with van der Waals surface area (Å²) >= 11 is 1.51. The summed E-state index contributed by atoms with van der Waals surface area (Å²) in [4.78, 5) is 25.8. The second kappa shape index (κ2) is 6.78. The zero-order valence-electron chi connectivity index (χ0n) is 13.9. The number of ether oxygens (including phenoxy) is 1. The van der Waals surface area contributed by atoms with Gasteiger partial charge in [-0.25, -0.2) is 9.97 Å². The molecule has 1 fully saturated rings. The molecule has 0 N–H and O–H groups in total. The molecule has 0 radical (unpaired) electrons. The molecule has 1 aliphatic rings. The number of nitrogens with zero attached hydrogens (tertiary/aromatic N) is 4. The van der Waals surface area contributed by atoms with Crippen molar-refractivity contribution >= 4 is 38.4 Å². The fraction of sp³-hybridized carbons (Fsp3) is 0.278. The maximum absolute atomic E-state index is 13.1. The molecule has 6 nitrogen and oxygen atoms in total. The van der Waals surface area contributed by atoms with Crippen molar-refractivity contribution in [2.75, 3.05) is 43.2 Å². The van der Waals surface area contributed by atoms with E-state index in [0.29, 0.717) is 29.7 Å². The molecule has 1 saturated heterocycles. The van der Waals surface area contributed by atoms with E-state index in [9.17, 15) is 4.79 Å². The van der Waals surface area contributed by atoms with E-state index in [1.54, 1.807) is 24.2 Å². The third-order valence-electron chi connectivity index (χ3n) is 4.20. The first kappa shape index (κ1) is 16.0. The summed E-state index contributed by atoms with van der Waals surface area (Å²) in [7, 11) is 1.76. The van der Waals surface area contributed by atoms with Gasteiger partial charge in [0.1, 0.15) is 5.82 Å². The van der Waals surface area contributed by atoms with Crippen molar-refractivity contribution < 1.29 is 9.53 Å². The van der Waals surface area contributed by atoms with E-state index in [4.69, 9.17) is 4.74 Å². The molecule has 0 aliphatic carbocycles. The number of carbonyl (C=O) groups excluding carboxylic acids is 1. The fourth-order valence-electron chi connectivity index (χ4n) is 2.86. The molecule has 3 heterocycles. The Morgan fingerprint density at radius 2 is 2.00 bits per heavy atom. The van der Waals surface area contributed by atoms with Crippen molar-refractivity contribution in [1.82, 2.24) is 9.97 Å². The molecule has 0 unspecified atom stereocenters. The first-order valence-corrected chi connectivity index (χ1v) is 8.97. The lowest BCUT2D eigenvalue weighted by Crippen LogP contribution is -2.38. The second-order valence-corrected chi connectivity index (χ2v) is 6.81. The molecule has 3 aromatic rings. The van der Waals surface area contributed by atoms with Gasteiger partial charge in [-0.2, -0.15) is 0 Å². The van der Waals surface area contributed by atoms with Gasteiger partial charge in [-0.15, -0.1) is 0 Å². The number of pyridine rings is 1. The number of benzene rings is 1. The van der Waals surface area contributed by atoms with Crippen LogP contribution in [-0.4, -0.2) is 49.2 Å². The number of aromatic nitrogens is 2. The van der Waals surface area contributed by atoms with Crippen LogP contribution in [0.3, 0.4) is 0 Å². The number of amides is 1. The number of para-hydroxylation sites is 1. The van der Waals surface area contributed by atoms with Gasteiger partial charge in [0.15, 0.2) is 5.13 Å². The Labute approximate surface area is 149 Å². The zero-order valence-corrected chi connectivity index (χ0v) is 14.7. The van der Waals surface area contributed by atoms with Crippen LogP contribution in [0.15, 0.2) is 42.6 Å². The van der Waals surface area contributed by atoms with E-state index in [0.717, 1.165) is 23.3 Å². The van der Waals surface area contributed by atoms with Crippen LogP contribution in [0, 0.1) is 0 Å². The average molecular weight is 354 g/mol. The Morgan fingerprint density at radius 3 is 2.80 bits per heavy atom. The van der Waals surface area contributed by atoms with E-state index in [-0.39, 0.29) is 5.91 Å². The van der Waals surface area contributed by atoms with Crippen LogP contribution >= 0.6 is 11.3 Å². The summed E-state index contributed by atoms with van der Waals surface area (Å²) in [5.74, 6) is 0.609. The Balaban J connectivity index is 1.66. The van der Waals surface area contributed by atoms with Crippen LogP contribution in [-0.2, 0) is 4.74 Å². The number of rotatable bonds is 3. The van der Waals surface area contributed by atoms with Crippen molar-refractivity contribution in [2.24, 2.45) is 0 Å². The number of thiazole rings is 1. The fourth-order valence-corrected chi connectivity index (χ4v) is 3.79. The summed E-state index contributed by atoms with van der Waals surface area (Å²) < 4.78 is 6.47. The van der Waals surface area contributed by atoms with Crippen molar-refractivity contribution in [3.05, 3.63) is 48.2 Å². The molecule has 0 spiro atoms. The summed E-state index contributed by atoms with van der Waals surface area (Å²) in [6, 6.07) is 11.5. The zero-order chi connectivity index (χ0) is 17.2. The first-order chi connectivity index (χ1) is 12.2. The van der Waals surface area contributed by atoms with E-state index < -0.39 is 0 Å². The minimum absolute atomic E-state index is 0.103. The van der Waals surface area contributed by atoms with E-state index in [2.05, 4.69) is 14.9 Å². The molecular weight excluding hydrogens is 336 g/mol. The predicted octanol–water partition coefficient (Wildman–Crippen LogP) is 2.80. The molecule has 0 atom stereocenters. The maximum atomic E-state index is 13.1. The topological polar surface area (TPSA) is 58.6 Å². The highest BCUT2D eigenvalue weighted by Crippen LogP contribution is 2.29. The van der Waals surface area contributed by atoms with E-state index in [1.807, 2.05) is 30.3 Å². The maximum Gasteiger partial charge on any atom is 0.263 e. The minimum Gasteiger partial charge on any atom is -0.378 e. The standard InChI is InChI=1S/C18H18N4O2S/c1-21(18-20-14-6-2-3-7-15(14)25-18)17(23)13-5-4-8-19-16(13)22-9-11-24-12-10-22/h2-8H,9-12H2,1H3. The van der Waals surface area contributed by atoms with Gasteiger partial charge in [0.2, 0.25) is 0 Å². The summed E-state index contributed by atoms with van der Waals surface area (Å²) in [6.45, 7) is 2.78. The minimum atomic E-state index is -0.103. The number of fused-ring (bicyclic) bond motifs is 1. The molecule has 7 heteroatoms. The molecular formula is C18H18N4O2S. The van der Waals surface area contributed by atoms with Crippen LogP contribution < -0.4 is 9.80 Å². The van der Waals surface area contributed by atoms with Gasteiger partial charge in [0.25, 0.3) is 5.91 Å². The average Bonchev–Trinajstić information content (AvgIpc) is 3.12. The normalized spacial score (nSPS) is 14.7. The molecule has 4 rings (SSSR count). The smallest absolute Gasteiger partial charge is 0.263 e. The summed E-state index contributed by atoms with van der Waals surface area (Å²) in [6.07, 6.45) is 1.72. The highest BCUT2D eigenvalue weighted by atomic mass is 32.1. The highest BCUT2D eigenvalue weighted by molar-refractivity contribution is 7.22. The monoisotopic (exact) mass is 354 g/mol. The van der Waals surface area contributed by atoms with Gasteiger partial charge in [-0.3, -0.25) is 9.69 Å². The van der Waals surface area contributed by atoms with Crippen LogP contribution in [0.4, 0.5) is 10.9 Å². The highest BCUT2D eigenvalue weighted by Gasteiger charge is 2.24. The lowest BCUT2D eigenvalue weighted by Gasteiger charge is -2.29. The van der Waals surface area contributed by atoms with Gasteiger partial charge in [0, 0.05) is 26.3 Å². The van der Waals surface area contributed by atoms with Gasteiger partial charge in [-0.05, 0) is 24.3 Å². The third kappa shape index (κ3) is 3.08. The Hall–Kier alpha value is -2.51. The second-order valence-electron chi connectivity index (χ2n) is 5.80. The van der Waals surface area contributed by atoms with Crippen LogP contribution in [0.1, 0.15) is 10.4 Å². The van der Waals surface area contributed by atoms with Gasteiger partial charge in [-0.1, -0.05) is 23.5 Å². The molecule has 25 heavy (non-hydrogen) atoms. The Kier molecular flexibility index (Phi) is 4.33. The molecule has 0 saturated carbocycles. The Morgan fingerprint density at radius 1 is 1.20 bits per heavy atom. The lowest BCUT2D eigenvalue weighted by molar-refractivity contribution is 0.0990. The summed E-state index contributed by atoms with van der Waals surface area (Å²) in [5, 5.41) is 0.683. The van der Waals surface area contributed by atoms with Gasteiger partial charge >= 0.3 is 0 Å². The first-order valence-electron chi connectivity index (χ1n) is 8.15.